The minimum atomic E-state index is -0.0413. The molecule has 1 saturated heterocycles. The maximum absolute atomic E-state index is 12.3. The molecular weight excluding hydrogens is 442 g/mol. The van der Waals surface area contributed by atoms with Crippen LogP contribution in [0.15, 0.2) is 28.2 Å². The van der Waals surface area contributed by atoms with Crippen LogP contribution in [0.2, 0.25) is 0 Å². The molecule has 0 radical (unpaired) electrons. The minimum Gasteiger partial charge on any atom is -0.379 e. The Morgan fingerprint density at radius 3 is 2.94 bits per heavy atom. The molecule has 4 aliphatic rings. The molecule has 0 aliphatic carbocycles. The molecule has 0 saturated carbocycles. The van der Waals surface area contributed by atoms with Crippen molar-refractivity contribution in [1.29, 1.82) is 5.26 Å². The smallest absolute Gasteiger partial charge is 0.219 e. The van der Waals surface area contributed by atoms with Crippen LogP contribution in [-0.4, -0.2) is 64.5 Å². The Bertz CT molecular complexity index is 1280. The second kappa shape index (κ2) is 8.61. The molecule has 2 unspecified atom stereocenters. The summed E-state index contributed by atoms with van der Waals surface area (Å²) in [6, 6.07) is 8.97. The highest BCUT2D eigenvalue weighted by Crippen LogP contribution is 2.43. The summed E-state index contributed by atoms with van der Waals surface area (Å²) in [4.78, 5) is 25.4. The second-order valence-electron chi connectivity index (χ2n) is 9.76. The van der Waals surface area contributed by atoms with Crippen molar-refractivity contribution in [2.45, 2.75) is 64.3 Å². The van der Waals surface area contributed by atoms with E-state index in [9.17, 15) is 10.1 Å². The predicted molar refractivity (Wildman–Crippen MR) is 132 cm³/mol. The molecule has 2 aromatic rings. The number of nitrogens with zero attached hydrogens (tertiary/aromatic N) is 7. The van der Waals surface area contributed by atoms with Crippen LogP contribution in [0.4, 0.5) is 11.5 Å². The van der Waals surface area contributed by atoms with E-state index < -0.39 is 0 Å². The lowest BCUT2D eigenvalue weighted by atomic mass is 10.0. The Balaban J connectivity index is 1.45. The van der Waals surface area contributed by atoms with Crippen molar-refractivity contribution in [3.05, 3.63) is 40.6 Å². The van der Waals surface area contributed by atoms with Gasteiger partial charge >= 0.3 is 0 Å². The molecule has 0 spiro atoms. The molecule has 5 heterocycles. The fraction of sp³-hybridized carbons (Fsp3) is 0.500. The summed E-state index contributed by atoms with van der Waals surface area (Å²) in [5, 5.41) is 14.8. The maximum Gasteiger partial charge on any atom is 0.219 e. The summed E-state index contributed by atoms with van der Waals surface area (Å²) in [5.74, 6) is 0.949. The molecule has 180 valence electrons. The van der Waals surface area contributed by atoms with Gasteiger partial charge in [-0.1, -0.05) is 6.07 Å². The number of hydrogen-bond donors (Lipinski definition) is 0. The Morgan fingerprint density at radius 1 is 1.34 bits per heavy atom. The number of nitriles is 1. The van der Waals surface area contributed by atoms with E-state index in [0.717, 1.165) is 54.2 Å². The molecule has 1 aromatic carbocycles. The number of rotatable bonds is 4. The van der Waals surface area contributed by atoms with Gasteiger partial charge in [-0.15, -0.1) is 0 Å². The topological polar surface area (TPSA) is 99.1 Å². The average Bonchev–Trinajstić information content (AvgIpc) is 3.63. The highest BCUT2D eigenvalue weighted by molar-refractivity contribution is 6.39. The van der Waals surface area contributed by atoms with Crippen LogP contribution in [-0.2, 0) is 28.9 Å². The van der Waals surface area contributed by atoms with Gasteiger partial charge in [0.05, 0.1) is 43.4 Å². The summed E-state index contributed by atoms with van der Waals surface area (Å²) >= 11 is 0. The molecule has 0 N–H and O–H groups in total. The Labute approximate surface area is 204 Å². The number of benzene rings is 1. The van der Waals surface area contributed by atoms with Crippen LogP contribution >= 0.6 is 0 Å². The normalized spacial score (nSPS) is 24.9. The van der Waals surface area contributed by atoms with Crippen LogP contribution in [0.1, 0.15) is 55.1 Å². The fourth-order valence-electron chi connectivity index (χ4n) is 5.74. The Hall–Kier alpha value is -3.51. The number of carbonyl (C=O) groups is 1. The second-order valence-corrected chi connectivity index (χ2v) is 9.76. The molecule has 1 aromatic heterocycles. The number of aromatic nitrogens is 2. The van der Waals surface area contributed by atoms with Gasteiger partial charge in [0, 0.05) is 55.2 Å². The first kappa shape index (κ1) is 22.0. The van der Waals surface area contributed by atoms with Gasteiger partial charge in [0.15, 0.2) is 5.82 Å². The summed E-state index contributed by atoms with van der Waals surface area (Å²) in [5.41, 5.74) is 6.50. The maximum atomic E-state index is 12.3. The van der Waals surface area contributed by atoms with Gasteiger partial charge < -0.3 is 14.5 Å². The van der Waals surface area contributed by atoms with Gasteiger partial charge in [-0.3, -0.25) is 19.5 Å². The zero-order chi connectivity index (χ0) is 24.1. The largest absolute Gasteiger partial charge is 0.379 e. The van der Waals surface area contributed by atoms with Gasteiger partial charge in [0.1, 0.15) is 6.17 Å². The van der Waals surface area contributed by atoms with Gasteiger partial charge in [-0.2, -0.15) is 10.4 Å². The molecule has 1 amide bonds. The van der Waals surface area contributed by atoms with Gasteiger partial charge in [0.2, 0.25) is 5.91 Å². The highest BCUT2D eigenvalue weighted by atomic mass is 16.5. The third-order valence-corrected chi connectivity index (χ3v) is 7.51. The van der Waals surface area contributed by atoms with Crippen molar-refractivity contribution in [2.24, 2.45) is 9.98 Å². The van der Waals surface area contributed by atoms with Crippen LogP contribution in [0.3, 0.4) is 0 Å². The van der Waals surface area contributed by atoms with Crippen LogP contribution in [0.5, 0.6) is 0 Å². The van der Waals surface area contributed by atoms with Crippen molar-refractivity contribution in [1.82, 2.24) is 14.7 Å². The van der Waals surface area contributed by atoms with Crippen molar-refractivity contribution < 1.29 is 9.53 Å². The Morgan fingerprint density at radius 2 is 2.23 bits per heavy atom. The molecule has 3 atom stereocenters. The zero-order valence-electron chi connectivity index (χ0n) is 20.1. The first-order valence-electron chi connectivity index (χ1n) is 12.4. The van der Waals surface area contributed by atoms with E-state index in [1.54, 1.807) is 6.92 Å². The molecule has 9 heteroatoms. The molecule has 9 nitrogen and oxygen atoms in total. The zero-order valence-corrected chi connectivity index (χ0v) is 20.1. The highest BCUT2D eigenvalue weighted by Gasteiger charge is 2.38. The monoisotopic (exact) mass is 471 g/mol. The number of anilines is 2. The van der Waals surface area contributed by atoms with E-state index in [0.29, 0.717) is 26.1 Å². The average molecular weight is 472 g/mol. The van der Waals surface area contributed by atoms with Crippen molar-refractivity contribution in [3.63, 3.8) is 0 Å². The predicted octanol–water partition coefficient (Wildman–Crippen LogP) is 2.95. The quantitative estimate of drug-likeness (QED) is 0.683. The van der Waals surface area contributed by atoms with E-state index in [-0.39, 0.29) is 24.2 Å². The lowest BCUT2D eigenvalue weighted by Crippen LogP contribution is -2.36. The van der Waals surface area contributed by atoms with E-state index in [1.807, 2.05) is 18.0 Å². The number of carbonyl (C=O) groups excluding carboxylic acids is 1. The van der Waals surface area contributed by atoms with Crippen LogP contribution in [0, 0.1) is 11.3 Å². The van der Waals surface area contributed by atoms with Crippen LogP contribution < -0.4 is 4.90 Å². The summed E-state index contributed by atoms with van der Waals surface area (Å²) in [6.45, 7) is 6.24. The lowest BCUT2D eigenvalue weighted by molar-refractivity contribution is -0.129. The molecule has 4 aliphatic heterocycles. The minimum absolute atomic E-state index is 0.0108. The number of fused-ring (bicyclic) bond motifs is 2. The molecule has 35 heavy (non-hydrogen) atoms. The third kappa shape index (κ3) is 3.73. The standard InChI is InChI=1S/C26H29N7O2/c1-16-28-13-23(29-16)18-3-4-24-19(11-18)12-20(5-8-27)32(24)26-22-14-31(17(2)34)9-6-25(22)33(30-26)21-7-10-35-15-21/h3-4,11,13,16,20-21H,5-7,9-10,12,14-15H2,1-2H3/t16?,20?,21-/m0/s1. The van der Waals surface area contributed by atoms with E-state index in [4.69, 9.17) is 9.84 Å². The van der Waals surface area contributed by atoms with Crippen molar-refractivity contribution in [2.75, 3.05) is 24.7 Å². The first-order valence-corrected chi connectivity index (χ1v) is 12.4. The van der Waals surface area contributed by atoms with E-state index in [2.05, 4.69) is 43.8 Å². The summed E-state index contributed by atoms with van der Waals surface area (Å²) in [7, 11) is 0. The van der Waals surface area contributed by atoms with Crippen LogP contribution in [0.25, 0.3) is 0 Å². The molecule has 0 bridgehead atoms. The molecule has 1 fully saturated rings. The lowest BCUT2D eigenvalue weighted by Gasteiger charge is -2.30. The van der Waals surface area contributed by atoms with E-state index in [1.165, 1.54) is 11.3 Å². The van der Waals surface area contributed by atoms with Gasteiger partial charge in [-0.25, -0.2) is 0 Å². The summed E-state index contributed by atoms with van der Waals surface area (Å²) < 4.78 is 7.83. The Kier molecular flexibility index (Phi) is 5.41. The fourth-order valence-corrected chi connectivity index (χ4v) is 5.74. The van der Waals surface area contributed by atoms with Gasteiger partial charge in [-0.05, 0) is 37.5 Å². The van der Waals surface area contributed by atoms with Crippen molar-refractivity contribution in [3.8, 4) is 6.07 Å². The third-order valence-electron chi connectivity index (χ3n) is 7.51. The number of ether oxygens (including phenoxy) is 1. The number of amides is 1. The molecular formula is C26H29N7O2. The van der Waals surface area contributed by atoms with E-state index >= 15 is 0 Å². The van der Waals surface area contributed by atoms with Crippen molar-refractivity contribution >= 4 is 29.3 Å². The molecule has 6 rings (SSSR count). The SMILES string of the molecule is CC(=O)N1CCc2c(c(N3c4ccc(C5=NC(C)N=C5)cc4CC3CC#N)nn2[C@H]2CCOC2)C1. The van der Waals surface area contributed by atoms with Gasteiger partial charge in [0.25, 0.3) is 0 Å². The number of aliphatic imine (C=N–C) groups is 2. The first-order chi connectivity index (χ1) is 17.0. The number of hydrogen-bond acceptors (Lipinski definition) is 7. The summed E-state index contributed by atoms with van der Waals surface area (Å²) in [6.07, 6.45) is 4.67.